The number of nitrogens with two attached hydrogens (primary N) is 1. The van der Waals surface area contributed by atoms with Gasteiger partial charge in [-0.15, -0.1) is 0 Å². The Morgan fingerprint density at radius 2 is 2.27 bits per heavy atom. The second kappa shape index (κ2) is 5.35. The number of alkyl carbamates (subject to hydrolysis) is 1. The summed E-state index contributed by atoms with van der Waals surface area (Å²) < 4.78 is 5.17. The first-order valence-corrected chi connectivity index (χ1v) is 5.76. The van der Waals surface area contributed by atoms with E-state index in [1.807, 2.05) is 20.8 Å². The van der Waals surface area contributed by atoms with E-state index in [9.17, 15) is 4.79 Å². The molecule has 1 amide bonds. The third kappa shape index (κ3) is 5.62. The number of amides is 1. The number of quaternary nitrogens is 1. The summed E-state index contributed by atoms with van der Waals surface area (Å²) in [6.07, 6.45) is 2.17. The Hall–Kier alpha value is -0.770. The number of carbonyl (C=O) groups is 1. The molecule has 0 bridgehead atoms. The summed E-state index contributed by atoms with van der Waals surface area (Å²) in [5.41, 5.74) is -0.400. The Balaban J connectivity index is 2.15. The number of hydrogen-bond donors (Lipinski definition) is 2. The minimum atomic E-state index is -0.400. The van der Waals surface area contributed by atoms with Crippen LogP contribution in [0.4, 0.5) is 4.79 Å². The van der Waals surface area contributed by atoms with Gasteiger partial charge in [-0.1, -0.05) is 0 Å². The average molecular weight is 215 g/mol. The van der Waals surface area contributed by atoms with Crippen molar-refractivity contribution < 1.29 is 14.8 Å². The van der Waals surface area contributed by atoms with Crippen LogP contribution in [0.2, 0.25) is 0 Å². The van der Waals surface area contributed by atoms with Gasteiger partial charge in [0.05, 0.1) is 13.1 Å². The SMILES string of the molecule is CC(C)(C)OC(=O)NC[C@H]1CCC[NH2+]C1. The minimum Gasteiger partial charge on any atom is -0.444 e. The van der Waals surface area contributed by atoms with Crippen LogP contribution in [0.15, 0.2) is 0 Å². The summed E-state index contributed by atoms with van der Waals surface area (Å²) >= 11 is 0. The first kappa shape index (κ1) is 12.3. The van der Waals surface area contributed by atoms with Crippen LogP contribution in [0, 0.1) is 5.92 Å². The Morgan fingerprint density at radius 3 is 2.80 bits per heavy atom. The maximum Gasteiger partial charge on any atom is 0.407 e. The molecular weight excluding hydrogens is 192 g/mol. The number of hydrogen-bond acceptors (Lipinski definition) is 2. The molecule has 0 saturated carbocycles. The van der Waals surface area contributed by atoms with Crippen molar-refractivity contribution in [2.24, 2.45) is 5.92 Å². The molecule has 1 saturated heterocycles. The van der Waals surface area contributed by atoms with E-state index in [2.05, 4.69) is 10.6 Å². The third-order valence-electron chi connectivity index (χ3n) is 2.45. The van der Waals surface area contributed by atoms with Gasteiger partial charge in [0.1, 0.15) is 5.60 Å². The highest BCUT2D eigenvalue weighted by Gasteiger charge is 2.19. The number of piperidine rings is 1. The lowest BCUT2D eigenvalue weighted by Gasteiger charge is -2.23. The van der Waals surface area contributed by atoms with Crippen LogP contribution >= 0.6 is 0 Å². The average Bonchev–Trinajstić information content (AvgIpc) is 2.14. The molecule has 3 N–H and O–H groups in total. The normalized spacial score (nSPS) is 22.2. The molecular formula is C11H23N2O2+. The molecule has 4 heteroatoms. The lowest BCUT2D eigenvalue weighted by Crippen LogP contribution is -2.87. The molecule has 1 atom stereocenters. The predicted octanol–water partition coefficient (Wildman–Crippen LogP) is 0.485. The monoisotopic (exact) mass is 215 g/mol. The molecule has 0 unspecified atom stereocenters. The Bertz CT molecular complexity index is 205. The molecule has 4 nitrogen and oxygen atoms in total. The van der Waals surface area contributed by atoms with Gasteiger partial charge in [-0.25, -0.2) is 4.79 Å². The molecule has 1 heterocycles. The second-order valence-corrected chi connectivity index (χ2v) is 5.20. The summed E-state index contributed by atoms with van der Waals surface area (Å²) in [7, 11) is 0. The summed E-state index contributed by atoms with van der Waals surface area (Å²) in [6, 6.07) is 0. The summed E-state index contributed by atoms with van der Waals surface area (Å²) in [5, 5.41) is 5.14. The highest BCUT2D eigenvalue weighted by Crippen LogP contribution is 2.08. The van der Waals surface area contributed by atoms with E-state index >= 15 is 0 Å². The van der Waals surface area contributed by atoms with Gasteiger partial charge in [0, 0.05) is 12.5 Å². The van der Waals surface area contributed by atoms with Crippen LogP contribution in [0.3, 0.4) is 0 Å². The highest BCUT2D eigenvalue weighted by molar-refractivity contribution is 5.67. The molecule has 1 aliphatic heterocycles. The predicted molar refractivity (Wildman–Crippen MR) is 58.6 cm³/mol. The lowest BCUT2D eigenvalue weighted by molar-refractivity contribution is -0.668. The molecule has 0 aromatic rings. The standard InChI is InChI=1S/C11H22N2O2/c1-11(2,3)15-10(14)13-8-9-5-4-6-12-7-9/h9,12H,4-8H2,1-3H3,(H,13,14)/p+1/t9-/m0/s1. The van der Waals surface area contributed by atoms with Crippen LogP contribution in [-0.2, 0) is 4.74 Å². The fraction of sp³-hybridized carbons (Fsp3) is 0.909. The topological polar surface area (TPSA) is 54.9 Å². The van der Waals surface area contributed by atoms with Crippen LogP contribution in [0.1, 0.15) is 33.6 Å². The quantitative estimate of drug-likeness (QED) is 0.704. The molecule has 0 aliphatic carbocycles. The number of carbonyl (C=O) groups excluding carboxylic acids is 1. The Labute approximate surface area is 91.8 Å². The molecule has 0 spiro atoms. The fourth-order valence-electron chi connectivity index (χ4n) is 1.75. The zero-order valence-electron chi connectivity index (χ0n) is 10.0. The van der Waals surface area contributed by atoms with Crippen molar-refractivity contribution in [1.82, 2.24) is 5.32 Å². The number of ether oxygens (including phenoxy) is 1. The number of rotatable bonds is 2. The molecule has 0 aromatic carbocycles. The Morgan fingerprint density at radius 1 is 1.53 bits per heavy atom. The van der Waals surface area contributed by atoms with Crippen molar-refractivity contribution in [2.75, 3.05) is 19.6 Å². The smallest absolute Gasteiger partial charge is 0.407 e. The maximum atomic E-state index is 11.4. The summed E-state index contributed by atoms with van der Waals surface area (Å²) in [5.74, 6) is 0.603. The third-order valence-corrected chi connectivity index (χ3v) is 2.45. The van der Waals surface area contributed by atoms with Crippen LogP contribution in [-0.4, -0.2) is 31.3 Å². The van der Waals surface area contributed by atoms with Gasteiger partial charge in [0.15, 0.2) is 0 Å². The van der Waals surface area contributed by atoms with E-state index in [0.29, 0.717) is 5.92 Å². The summed E-state index contributed by atoms with van der Waals surface area (Å²) in [6.45, 7) is 8.72. The van der Waals surface area contributed by atoms with Crippen molar-refractivity contribution in [1.29, 1.82) is 0 Å². The first-order chi connectivity index (χ1) is 6.97. The fourth-order valence-corrected chi connectivity index (χ4v) is 1.75. The highest BCUT2D eigenvalue weighted by atomic mass is 16.6. The largest absolute Gasteiger partial charge is 0.444 e. The van der Waals surface area contributed by atoms with Crippen molar-refractivity contribution >= 4 is 6.09 Å². The van der Waals surface area contributed by atoms with E-state index < -0.39 is 5.60 Å². The molecule has 0 radical (unpaired) electrons. The molecule has 1 fully saturated rings. The molecule has 1 rings (SSSR count). The second-order valence-electron chi connectivity index (χ2n) is 5.20. The van der Waals surface area contributed by atoms with E-state index in [0.717, 1.165) is 13.1 Å². The summed E-state index contributed by atoms with van der Waals surface area (Å²) in [4.78, 5) is 11.4. The van der Waals surface area contributed by atoms with Gasteiger partial charge < -0.3 is 15.4 Å². The van der Waals surface area contributed by atoms with Gasteiger partial charge in [0.2, 0.25) is 0 Å². The molecule has 15 heavy (non-hydrogen) atoms. The first-order valence-electron chi connectivity index (χ1n) is 5.76. The van der Waals surface area contributed by atoms with E-state index in [1.165, 1.54) is 19.4 Å². The van der Waals surface area contributed by atoms with Gasteiger partial charge >= 0.3 is 6.09 Å². The van der Waals surface area contributed by atoms with E-state index in [-0.39, 0.29) is 6.09 Å². The van der Waals surface area contributed by atoms with Crippen molar-refractivity contribution in [2.45, 2.75) is 39.2 Å². The van der Waals surface area contributed by atoms with Gasteiger partial charge in [-0.2, -0.15) is 0 Å². The van der Waals surface area contributed by atoms with Gasteiger partial charge in [-0.05, 0) is 33.6 Å². The van der Waals surface area contributed by atoms with Crippen LogP contribution in [0.5, 0.6) is 0 Å². The number of nitrogens with one attached hydrogen (secondary N) is 1. The maximum absolute atomic E-state index is 11.4. The van der Waals surface area contributed by atoms with Crippen molar-refractivity contribution in [3.63, 3.8) is 0 Å². The molecule has 0 aromatic heterocycles. The van der Waals surface area contributed by atoms with Crippen LogP contribution < -0.4 is 10.6 Å². The lowest BCUT2D eigenvalue weighted by atomic mass is 10.00. The zero-order valence-corrected chi connectivity index (χ0v) is 10.0. The van der Waals surface area contributed by atoms with Crippen LogP contribution in [0.25, 0.3) is 0 Å². The minimum absolute atomic E-state index is 0.298. The molecule has 1 aliphatic rings. The Kier molecular flexibility index (Phi) is 4.39. The zero-order chi connectivity index (χ0) is 11.3. The van der Waals surface area contributed by atoms with E-state index in [1.54, 1.807) is 0 Å². The molecule has 88 valence electrons. The van der Waals surface area contributed by atoms with Crippen molar-refractivity contribution in [3.05, 3.63) is 0 Å². The van der Waals surface area contributed by atoms with Gasteiger partial charge in [0.25, 0.3) is 0 Å². The van der Waals surface area contributed by atoms with Crippen molar-refractivity contribution in [3.8, 4) is 0 Å². The van der Waals surface area contributed by atoms with E-state index in [4.69, 9.17) is 4.74 Å². The van der Waals surface area contributed by atoms with Gasteiger partial charge in [-0.3, -0.25) is 0 Å².